The first-order valence-electron chi connectivity index (χ1n) is 9.89. The SMILES string of the molecule is O=C(NC1CCCC1)c1cc(NCC2CCCO2)nc(-c2ccccc2)n1. The summed E-state index contributed by atoms with van der Waals surface area (Å²) in [6.45, 7) is 1.51. The Hall–Kier alpha value is -2.47. The molecule has 1 saturated heterocycles. The van der Waals surface area contributed by atoms with Crippen molar-refractivity contribution in [3.63, 3.8) is 0 Å². The Morgan fingerprint density at radius 2 is 1.89 bits per heavy atom. The van der Waals surface area contributed by atoms with Crippen LogP contribution in [0.2, 0.25) is 0 Å². The van der Waals surface area contributed by atoms with E-state index in [0.29, 0.717) is 23.9 Å². The highest BCUT2D eigenvalue weighted by Crippen LogP contribution is 2.21. The molecule has 27 heavy (non-hydrogen) atoms. The topological polar surface area (TPSA) is 76.1 Å². The van der Waals surface area contributed by atoms with Crippen LogP contribution in [0.5, 0.6) is 0 Å². The lowest BCUT2D eigenvalue weighted by Gasteiger charge is -2.15. The van der Waals surface area contributed by atoms with Crippen LogP contribution in [0, 0.1) is 0 Å². The summed E-state index contributed by atoms with van der Waals surface area (Å²) in [5.41, 5.74) is 1.30. The van der Waals surface area contributed by atoms with Crippen LogP contribution in [-0.2, 0) is 4.74 Å². The summed E-state index contributed by atoms with van der Waals surface area (Å²) in [6, 6.07) is 11.8. The Morgan fingerprint density at radius 1 is 1.07 bits per heavy atom. The molecule has 2 aliphatic rings. The van der Waals surface area contributed by atoms with Gasteiger partial charge in [0.2, 0.25) is 0 Å². The molecule has 2 aromatic rings. The third-order valence-corrected chi connectivity index (χ3v) is 5.22. The van der Waals surface area contributed by atoms with Gasteiger partial charge in [-0.3, -0.25) is 4.79 Å². The predicted molar refractivity (Wildman–Crippen MR) is 105 cm³/mol. The number of anilines is 1. The third-order valence-electron chi connectivity index (χ3n) is 5.22. The highest BCUT2D eigenvalue weighted by atomic mass is 16.5. The van der Waals surface area contributed by atoms with Gasteiger partial charge in [-0.25, -0.2) is 9.97 Å². The van der Waals surface area contributed by atoms with Gasteiger partial charge in [-0.05, 0) is 25.7 Å². The number of ether oxygens (including phenoxy) is 1. The van der Waals surface area contributed by atoms with Gasteiger partial charge in [0.15, 0.2) is 5.82 Å². The Morgan fingerprint density at radius 3 is 2.63 bits per heavy atom. The first kappa shape index (κ1) is 17.9. The molecule has 1 aliphatic heterocycles. The predicted octanol–water partition coefficient (Wildman–Crippen LogP) is 3.41. The van der Waals surface area contributed by atoms with E-state index in [9.17, 15) is 4.79 Å². The molecule has 0 spiro atoms. The maximum atomic E-state index is 12.7. The number of amides is 1. The highest BCUT2D eigenvalue weighted by molar-refractivity contribution is 5.93. The van der Waals surface area contributed by atoms with Crippen LogP contribution in [0.15, 0.2) is 36.4 Å². The fourth-order valence-electron chi connectivity index (χ4n) is 3.72. The normalized spacial score (nSPS) is 19.9. The Kier molecular flexibility index (Phi) is 5.63. The summed E-state index contributed by atoms with van der Waals surface area (Å²) < 4.78 is 5.67. The van der Waals surface area contributed by atoms with E-state index < -0.39 is 0 Å². The van der Waals surface area contributed by atoms with Crippen molar-refractivity contribution in [3.05, 3.63) is 42.1 Å². The number of carbonyl (C=O) groups is 1. The lowest BCUT2D eigenvalue weighted by molar-refractivity contribution is 0.0933. The molecular formula is C21H26N4O2. The average molecular weight is 366 g/mol. The molecule has 0 radical (unpaired) electrons. The molecule has 6 heteroatoms. The molecular weight excluding hydrogens is 340 g/mol. The highest BCUT2D eigenvalue weighted by Gasteiger charge is 2.21. The number of hydrogen-bond donors (Lipinski definition) is 2. The number of nitrogens with zero attached hydrogens (tertiary/aromatic N) is 2. The molecule has 1 aromatic carbocycles. The molecule has 2 heterocycles. The largest absolute Gasteiger partial charge is 0.376 e. The van der Waals surface area contributed by atoms with E-state index in [-0.39, 0.29) is 18.1 Å². The van der Waals surface area contributed by atoms with E-state index in [0.717, 1.165) is 37.9 Å². The zero-order valence-corrected chi connectivity index (χ0v) is 15.5. The maximum Gasteiger partial charge on any atom is 0.270 e. The molecule has 1 saturated carbocycles. The number of benzene rings is 1. The molecule has 142 valence electrons. The zero-order chi connectivity index (χ0) is 18.5. The van der Waals surface area contributed by atoms with Crippen LogP contribution in [0.3, 0.4) is 0 Å². The van der Waals surface area contributed by atoms with Gasteiger partial charge in [0, 0.05) is 30.8 Å². The molecule has 2 fully saturated rings. The minimum Gasteiger partial charge on any atom is -0.376 e. The first-order valence-corrected chi connectivity index (χ1v) is 9.89. The second-order valence-corrected chi connectivity index (χ2v) is 7.30. The average Bonchev–Trinajstić information content (AvgIpc) is 3.41. The molecule has 1 atom stereocenters. The van der Waals surface area contributed by atoms with Crippen molar-refractivity contribution in [3.8, 4) is 11.4 Å². The number of carbonyl (C=O) groups excluding carboxylic acids is 1. The fraction of sp³-hybridized carbons (Fsp3) is 0.476. The minimum atomic E-state index is -0.123. The Labute approximate surface area is 159 Å². The van der Waals surface area contributed by atoms with Crippen LogP contribution in [-0.4, -0.2) is 41.2 Å². The number of nitrogens with one attached hydrogen (secondary N) is 2. The van der Waals surface area contributed by atoms with Crippen molar-refractivity contribution in [1.82, 2.24) is 15.3 Å². The van der Waals surface area contributed by atoms with Gasteiger partial charge in [0.25, 0.3) is 5.91 Å². The summed E-state index contributed by atoms with van der Waals surface area (Å²) in [4.78, 5) is 21.9. The molecule has 1 aromatic heterocycles. The summed E-state index contributed by atoms with van der Waals surface area (Å²) in [5, 5.41) is 6.45. The van der Waals surface area contributed by atoms with Gasteiger partial charge in [-0.2, -0.15) is 0 Å². The van der Waals surface area contributed by atoms with Crippen molar-refractivity contribution < 1.29 is 9.53 Å². The summed E-state index contributed by atoms with van der Waals surface area (Å²) in [6.07, 6.45) is 6.81. The second kappa shape index (κ2) is 8.48. The van der Waals surface area contributed by atoms with Crippen LogP contribution < -0.4 is 10.6 Å². The van der Waals surface area contributed by atoms with Gasteiger partial charge < -0.3 is 15.4 Å². The van der Waals surface area contributed by atoms with Crippen molar-refractivity contribution in [1.29, 1.82) is 0 Å². The van der Waals surface area contributed by atoms with Crippen LogP contribution >= 0.6 is 0 Å². The molecule has 1 aliphatic carbocycles. The smallest absolute Gasteiger partial charge is 0.270 e. The number of hydrogen-bond acceptors (Lipinski definition) is 5. The van der Waals surface area contributed by atoms with Gasteiger partial charge in [0.1, 0.15) is 11.5 Å². The van der Waals surface area contributed by atoms with Gasteiger partial charge >= 0.3 is 0 Å². The van der Waals surface area contributed by atoms with Gasteiger partial charge in [-0.1, -0.05) is 43.2 Å². The lowest BCUT2D eigenvalue weighted by atomic mass is 10.2. The van der Waals surface area contributed by atoms with Crippen molar-refractivity contribution in [2.24, 2.45) is 0 Å². The minimum absolute atomic E-state index is 0.123. The van der Waals surface area contributed by atoms with Gasteiger partial charge in [0.05, 0.1) is 6.10 Å². The number of rotatable bonds is 6. The van der Waals surface area contributed by atoms with E-state index in [2.05, 4.69) is 20.6 Å². The monoisotopic (exact) mass is 366 g/mol. The molecule has 6 nitrogen and oxygen atoms in total. The third kappa shape index (κ3) is 4.63. The van der Waals surface area contributed by atoms with Gasteiger partial charge in [-0.15, -0.1) is 0 Å². The zero-order valence-electron chi connectivity index (χ0n) is 15.5. The lowest BCUT2D eigenvalue weighted by Crippen LogP contribution is -2.33. The fourth-order valence-corrected chi connectivity index (χ4v) is 3.72. The van der Waals surface area contributed by atoms with E-state index in [1.165, 1.54) is 12.8 Å². The summed E-state index contributed by atoms with van der Waals surface area (Å²) >= 11 is 0. The van der Waals surface area contributed by atoms with E-state index in [1.54, 1.807) is 6.07 Å². The summed E-state index contributed by atoms with van der Waals surface area (Å²) in [7, 11) is 0. The van der Waals surface area contributed by atoms with E-state index in [4.69, 9.17) is 4.74 Å². The molecule has 1 amide bonds. The van der Waals surface area contributed by atoms with Crippen molar-refractivity contribution >= 4 is 11.7 Å². The van der Waals surface area contributed by atoms with Crippen molar-refractivity contribution in [2.45, 2.75) is 50.7 Å². The second-order valence-electron chi connectivity index (χ2n) is 7.30. The van der Waals surface area contributed by atoms with E-state index in [1.807, 2.05) is 30.3 Å². The van der Waals surface area contributed by atoms with Crippen LogP contribution in [0.4, 0.5) is 5.82 Å². The Balaban J connectivity index is 1.56. The molecule has 0 bridgehead atoms. The van der Waals surface area contributed by atoms with Crippen LogP contribution in [0.25, 0.3) is 11.4 Å². The molecule has 1 unspecified atom stereocenters. The quantitative estimate of drug-likeness (QED) is 0.819. The Bertz CT molecular complexity index is 769. The van der Waals surface area contributed by atoms with Crippen LogP contribution in [0.1, 0.15) is 49.0 Å². The first-order chi connectivity index (χ1) is 13.3. The molecule has 2 N–H and O–H groups in total. The van der Waals surface area contributed by atoms with Crippen molar-refractivity contribution in [2.75, 3.05) is 18.5 Å². The maximum absolute atomic E-state index is 12.7. The standard InChI is InChI=1S/C21H26N4O2/c26-21(23-16-9-4-5-10-16)18-13-19(22-14-17-11-6-12-27-17)25-20(24-18)15-7-2-1-3-8-15/h1-3,7-8,13,16-17H,4-6,9-12,14H2,(H,23,26)(H,22,24,25). The van der Waals surface area contributed by atoms with E-state index >= 15 is 0 Å². The number of aromatic nitrogens is 2. The summed E-state index contributed by atoms with van der Waals surface area (Å²) in [5.74, 6) is 1.10. The molecule has 4 rings (SSSR count).